The smallest absolute Gasteiger partial charge is 0.264 e. The van der Waals surface area contributed by atoms with Gasteiger partial charge in [0.15, 0.2) is 0 Å². The number of hydrogen-bond acceptors (Lipinski definition) is 6. The molecule has 2 atom stereocenters. The lowest BCUT2D eigenvalue weighted by Crippen LogP contribution is -2.53. The number of anilines is 1. The maximum Gasteiger partial charge on any atom is 0.264 e. The predicted molar refractivity (Wildman–Crippen MR) is 164 cm³/mol. The van der Waals surface area contributed by atoms with E-state index < -0.39 is 34.3 Å². The van der Waals surface area contributed by atoms with Crippen LogP contribution in [0.1, 0.15) is 44.7 Å². The minimum atomic E-state index is -4.31. The van der Waals surface area contributed by atoms with Gasteiger partial charge in [-0.1, -0.05) is 43.7 Å². The summed E-state index contributed by atoms with van der Waals surface area (Å²) in [4.78, 5) is 28.9. The Labute approximate surface area is 253 Å². The van der Waals surface area contributed by atoms with Crippen molar-refractivity contribution in [2.24, 2.45) is 0 Å². The second-order valence-electron chi connectivity index (χ2n) is 10.3. The molecule has 0 aliphatic carbocycles. The third-order valence-electron chi connectivity index (χ3n) is 7.20. The molecule has 0 saturated carbocycles. The summed E-state index contributed by atoms with van der Waals surface area (Å²) < 4.78 is 53.8. The zero-order chi connectivity index (χ0) is 31.7. The highest BCUT2D eigenvalue weighted by atomic mass is 32.2. The molecule has 3 rings (SSSR count). The van der Waals surface area contributed by atoms with Gasteiger partial charge >= 0.3 is 0 Å². The van der Waals surface area contributed by atoms with Crippen LogP contribution in [0, 0.1) is 12.7 Å². The molecule has 232 valence electrons. The number of rotatable bonds is 14. The summed E-state index contributed by atoms with van der Waals surface area (Å²) in [6.45, 7) is 6.72. The van der Waals surface area contributed by atoms with Crippen LogP contribution >= 0.6 is 0 Å². The van der Waals surface area contributed by atoms with Crippen molar-refractivity contribution in [2.75, 3.05) is 25.1 Å². The van der Waals surface area contributed by atoms with E-state index in [2.05, 4.69) is 5.32 Å². The van der Waals surface area contributed by atoms with Gasteiger partial charge in [0, 0.05) is 18.7 Å². The number of nitrogens with zero attached hydrogens (tertiary/aromatic N) is 2. The number of amides is 2. The molecule has 0 bridgehead atoms. The van der Waals surface area contributed by atoms with Gasteiger partial charge in [-0.3, -0.25) is 13.9 Å². The van der Waals surface area contributed by atoms with E-state index in [1.54, 1.807) is 31.2 Å². The fraction of sp³-hybridized carbons (Fsp3) is 0.375. The van der Waals surface area contributed by atoms with Gasteiger partial charge in [0.2, 0.25) is 11.8 Å². The summed E-state index contributed by atoms with van der Waals surface area (Å²) in [6, 6.07) is 15.5. The topological polar surface area (TPSA) is 105 Å². The lowest BCUT2D eigenvalue weighted by Gasteiger charge is -2.34. The minimum Gasteiger partial charge on any atom is -0.497 e. The molecule has 0 aliphatic rings. The number of aryl methyl sites for hydroxylation is 1. The number of ether oxygens (including phenoxy) is 2. The summed E-state index contributed by atoms with van der Waals surface area (Å²) in [5.74, 6) is -0.871. The summed E-state index contributed by atoms with van der Waals surface area (Å²) in [5.41, 5.74) is 1.54. The number of hydrogen-bond donors (Lipinski definition) is 1. The van der Waals surface area contributed by atoms with Gasteiger partial charge < -0.3 is 19.7 Å². The first-order chi connectivity index (χ1) is 20.4. The van der Waals surface area contributed by atoms with Gasteiger partial charge in [-0.15, -0.1) is 0 Å². The number of methoxy groups -OCH3 is 2. The molecule has 3 aromatic rings. The molecule has 3 aromatic carbocycles. The van der Waals surface area contributed by atoms with Gasteiger partial charge in [-0.25, -0.2) is 12.8 Å². The van der Waals surface area contributed by atoms with Gasteiger partial charge in [0.05, 0.1) is 24.8 Å². The molecule has 43 heavy (non-hydrogen) atoms. The molecule has 0 spiro atoms. The summed E-state index contributed by atoms with van der Waals surface area (Å²) in [5, 5.41) is 2.93. The molecule has 0 aromatic heterocycles. The number of carbonyl (C=O) groups is 2. The molecule has 0 heterocycles. The molecule has 0 radical (unpaired) electrons. The number of sulfonamides is 1. The van der Waals surface area contributed by atoms with Gasteiger partial charge in [-0.05, 0) is 68.7 Å². The largest absolute Gasteiger partial charge is 0.497 e. The van der Waals surface area contributed by atoms with E-state index in [1.807, 2.05) is 20.8 Å². The van der Waals surface area contributed by atoms with Crippen LogP contribution in [0.4, 0.5) is 10.1 Å². The molecule has 2 unspecified atom stereocenters. The Morgan fingerprint density at radius 2 is 1.58 bits per heavy atom. The van der Waals surface area contributed by atoms with E-state index in [9.17, 15) is 22.4 Å². The van der Waals surface area contributed by atoms with Crippen molar-refractivity contribution in [3.63, 3.8) is 0 Å². The van der Waals surface area contributed by atoms with E-state index >= 15 is 0 Å². The van der Waals surface area contributed by atoms with Crippen molar-refractivity contribution >= 4 is 27.5 Å². The highest BCUT2D eigenvalue weighted by Crippen LogP contribution is 2.36. The highest BCUT2D eigenvalue weighted by molar-refractivity contribution is 7.92. The first-order valence-electron chi connectivity index (χ1n) is 14.1. The van der Waals surface area contributed by atoms with Gasteiger partial charge in [-0.2, -0.15) is 0 Å². The standard InChI is InChI=1S/C32H40FN3O6S/c1-7-23(4)34-32(38)28(8-2)35(20-24-11-13-25(33)14-12-24)31(37)21-36(29-19-26(41-5)15-18-30(29)42-6)43(39,40)27-16-9-22(3)10-17-27/h9-19,23,28H,7-8,20-21H2,1-6H3,(H,34,38). The van der Waals surface area contributed by atoms with E-state index in [-0.39, 0.29) is 41.2 Å². The summed E-state index contributed by atoms with van der Waals surface area (Å²) in [7, 11) is -1.47. The highest BCUT2D eigenvalue weighted by Gasteiger charge is 2.35. The van der Waals surface area contributed by atoms with Crippen molar-refractivity contribution in [1.82, 2.24) is 10.2 Å². The third-order valence-corrected chi connectivity index (χ3v) is 8.97. The molecule has 11 heteroatoms. The molecule has 0 aliphatic heterocycles. The van der Waals surface area contributed by atoms with Crippen molar-refractivity contribution in [2.45, 2.75) is 64.1 Å². The zero-order valence-corrected chi connectivity index (χ0v) is 26.3. The van der Waals surface area contributed by atoms with E-state index in [4.69, 9.17) is 9.47 Å². The minimum absolute atomic E-state index is 0.0255. The van der Waals surface area contributed by atoms with Crippen LogP contribution < -0.4 is 19.1 Å². The maximum atomic E-state index is 14.2. The fourth-order valence-electron chi connectivity index (χ4n) is 4.49. The lowest BCUT2D eigenvalue weighted by atomic mass is 10.1. The lowest BCUT2D eigenvalue weighted by molar-refractivity contribution is -0.140. The van der Waals surface area contributed by atoms with E-state index in [1.165, 1.54) is 61.6 Å². The Morgan fingerprint density at radius 1 is 0.930 bits per heavy atom. The monoisotopic (exact) mass is 613 g/mol. The first kappa shape index (κ1) is 33.4. The first-order valence-corrected chi connectivity index (χ1v) is 15.5. The van der Waals surface area contributed by atoms with Crippen molar-refractivity contribution in [1.29, 1.82) is 0 Å². The quantitative estimate of drug-likeness (QED) is 0.272. The second-order valence-corrected chi connectivity index (χ2v) is 12.1. The third kappa shape index (κ3) is 8.25. The Balaban J connectivity index is 2.14. The Bertz CT molecular complexity index is 1500. The second kappa shape index (κ2) is 14.9. The molecule has 0 fully saturated rings. The van der Waals surface area contributed by atoms with E-state index in [0.717, 1.165) is 9.87 Å². The SMILES string of the molecule is CCC(C)NC(=O)C(CC)N(Cc1ccc(F)cc1)C(=O)CN(c1cc(OC)ccc1OC)S(=O)(=O)c1ccc(C)cc1. The number of benzene rings is 3. The fourth-order valence-corrected chi connectivity index (χ4v) is 5.91. The van der Waals surface area contributed by atoms with Crippen molar-refractivity contribution in [3.05, 3.63) is 83.7 Å². The Hall–Kier alpha value is -4.12. The van der Waals surface area contributed by atoms with Crippen LogP contribution in [0.5, 0.6) is 11.5 Å². The normalized spacial score (nSPS) is 12.6. The van der Waals surface area contributed by atoms with Crippen LogP contribution in [0.25, 0.3) is 0 Å². The average Bonchev–Trinajstić information content (AvgIpc) is 3.00. The number of carbonyl (C=O) groups excluding carboxylic acids is 2. The van der Waals surface area contributed by atoms with Crippen LogP contribution in [0.3, 0.4) is 0 Å². The Morgan fingerprint density at radius 3 is 2.14 bits per heavy atom. The van der Waals surface area contributed by atoms with Gasteiger partial charge in [0.1, 0.15) is 29.9 Å². The molecular formula is C32H40FN3O6S. The Kier molecular flexibility index (Phi) is 11.5. The van der Waals surface area contributed by atoms with Crippen LogP contribution in [0.15, 0.2) is 71.6 Å². The number of nitrogens with one attached hydrogen (secondary N) is 1. The van der Waals surface area contributed by atoms with Crippen LogP contribution in [-0.2, 0) is 26.2 Å². The molecular weight excluding hydrogens is 573 g/mol. The predicted octanol–water partition coefficient (Wildman–Crippen LogP) is 5.07. The van der Waals surface area contributed by atoms with Crippen LogP contribution in [-0.4, -0.2) is 58.0 Å². The average molecular weight is 614 g/mol. The van der Waals surface area contributed by atoms with Gasteiger partial charge in [0.25, 0.3) is 10.0 Å². The van der Waals surface area contributed by atoms with Crippen molar-refractivity contribution < 1.29 is 31.9 Å². The molecule has 9 nitrogen and oxygen atoms in total. The molecule has 0 saturated heterocycles. The summed E-state index contributed by atoms with van der Waals surface area (Å²) in [6.07, 6.45) is 0.953. The van der Waals surface area contributed by atoms with Crippen LogP contribution in [0.2, 0.25) is 0 Å². The molecule has 2 amide bonds. The maximum absolute atomic E-state index is 14.2. The van der Waals surface area contributed by atoms with E-state index in [0.29, 0.717) is 17.7 Å². The molecule has 1 N–H and O–H groups in total. The summed E-state index contributed by atoms with van der Waals surface area (Å²) >= 11 is 0. The number of halogens is 1. The zero-order valence-electron chi connectivity index (χ0n) is 25.5. The van der Waals surface area contributed by atoms with Crippen molar-refractivity contribution in [3.8, 4) is 11.5 Å².